The first-order chi connectivity index (χ1) is 9.70. The fraction of sp³-hybridized carbons (Fsp3) is 0.583. The van der Waals surface area contributed by atoms with Gasteiger partial charge < -0.3 is 5.11 Å². The first kappa shape index (κ1) is 15.3. The van der Waals surface area contributed by atoms with Crippen LogP contribution in [0.25, 0.3) is 0 Å². The molecule has 0 radical (unpaired) electrons. The molecule has 116 valence electrons. The van der Waals surface area contributed by atoms with E-state index in [-0.39, 0.29) is 18.9 Å². The second-order valence-electron chi connectivity index (χ2n) is 5.06. The van der Waals surface area contributed by atoms with Crippen LogP contribution in [0, 0.1) is 11.8 Å². The van der Waals surface area contributed by atoms with Crippen LogP contribution < -0.4 is 5.69 Å². The second-order valence-corrected chi connectivity index (χ2v) is 5.06. The lowest BCUT2D eigenvalue weighted by Gasteiger charge is -2.21. The molecule has 9 heteroatoms. The van der Waals surface area contributed by atoms with Gasteiger partial charge in [-0.25, -0.2) is 9.48 Å². The summed E-state index contributed by atoms with van der Waals surface area (Å²) in [5.74, 6) is -3.15. The minimum Gasteiger partial charge on any atom is -0.481 e. The maximum atomic E-state index is 12.7. The number of rotatable bonds is 3. The first-order valence-corrected chi connectivity index (χ1v) is 6.30. The normalized spacial score (nSPS) is 22.5. The Morgan fingerprint density at radius 3 is 2.71 bits per heavy atom. The summed E-state index contributed by atoms with van der Waals surface area (Å²) >= 11 is 0. The summed E-state index contributed by atoms with van der Waals surface area (Å²) in [7, 11) is 1.01. The van der Waals surface area contributed by atoms with E-state index in [0.717, 1.165) is 11.7 Å². The molecule has 2 unspecified atom stereocenters. The predicted octanol–water partition coefficient (Wildman–Crippen LogP) is 1.27. The SMILES string of the molecule is Cn1c(C(F)(F)F)nn(CC2CC=CC(C(=O)O)C2)c1=O. The molecular formula is C12H14F3N3O3. The molecule has 2 rings (SSSR count). The minimum atomic E-state index is -4.70. The molecule has 6 nitrogen and oxygen atoms in total. The molecule has 0 aliphatic heterocycles. The summed E-state index contributed by atoms with van der Waals surface area (Å²) in [6.45, 7) is -0.0309. The number of alkyl halides is 3. The van der Waals surface area contributed by atoms with Crippen molar-refractivity contribution in [1.29, 1.82) is 0 Å². The monoisotopic (exact) mass is 305 g/mol. The van der Waals surface area contributed by atoms with Gasteiger partial charge in [0.2, 0.25) is 5.82 Å². The van der Waals surface area contributed by atoms with Gasteiger partial charge in [0.15, 0.2) is 0 Å². The summed E-state index contributed by atoms with van der Waals surface area (Å²) in [6, 6.07) is 0. The van der Waals surface area contributed by atoms with Gasteiger partial charge in [0.25, 0.3) is 0 Å². The quantitative estimate of drug-likeness (QED) is 0.853. The Morgan fingerprint density at radius 2 is 2.19 bits per heavy atom. The Balaban J connectivity index is 2.20. The van der Waals surface area contributed by atoms with E-state index >= 15 is 0 Å². The molecule has 1 aromatic heterocycles. The molecule has 1 aromatic rings. The van der Waals surface area contributed by atoms with E-state index in [1.807, 2.05) is 0 Å². The van der Waals surface area contributed by atoms with Gasteiger partial charge in [-0.1, -0.05) is 12.2 Å². The lowest BCUT2D eigenvalue weighted by atomic mass is 9.87. The number of aromatic nitrogens is 3. The largest absolute Gasteiger partial charge is 0.481 e. The standard InChI is InChI=1S/C12H14F3N3O3/c1-17-10(12(13,14)15)16-18(11(17)21)6-7-3-2-4-8(5-7)9(19)20/h2,4,7-8H,3,5-6H2,1H3,(H,19,20). The van der Waals surface area contributed by atoms with Crippen LogP contribution in [-0.4, -0.2) is 25.4 Å². The van der Waals surface area contributed by atoms with Gasteiger partial charge >= 0.3 is 17.8 Å². The van der Waals surface area contributed by atoms with Crippen molar-refractivity contribution in [3.8, 4) is 0 Å². The molecule has 0 spiro atoms. The number of halogens is 3. The fourth-order valence-electron chi connectivity index (χ4n) is 2.40. The van der Waals surface area contributed by atoms with Crippen LogP contribution in [0.5, 0.6) is 0 Å². The van der Waals surface area contributed by atoms with E-state index in [1.54, 1.807) is 12.2 Å². The molecule has 1 heterocycles. The first-order valence-electron chi connectivity index (χ1n) is 6.30. The molecule has 21 heavy (non-hydrogen) atoms. The molecule has 0 fully saturated rings. The lowest BCUT2D eigenvalue weighted by Crippen LogP contribution is -2.29. The number of carboxylic acid groups (broad SMARTS) is 1. The number of hydrogen-bond donors (Lipinski definition) is 1. The van der Waals surface area contributed by atoms with Crippen molar-refractivity contribution in [2.45, 2.75) is 25.6 Å². The average molecular weight is 305 g/mol. The minimum absolute atomic E-state index is 0.0309. The zero-order valence-electron chi connectivity index (χ0n) is 11.2. The summed E-state index contributed by atoms with van der Waals surface area (Å²) in [5, 5.41) is 12.3. The van der Waals surface area contributed by atoms with Crippen molar-refractivity contribution in [3.05, 3.63) is 28.5 Å². The number of carboxylic acids is 1. The van der Waals surface area contributed by atoms with Gasteiger partial charge in [-0.3, -0.25) is 9.36 Å². The average Bonchev–Trinajstić information content (AvgIpc) is 2.67. The topological polar surface area (TPSA) is 77.1 Å². The van der Waals surface area contributed by atoms with Crippen LogP contribution in [0.2, 0.25) is 0 Å². The Bertz CT molecular complexity index is 630. The number of aliphatic carboxylic acids is 1. The third-order valence-electron chi connectivity index (χ3n) is 3.47. The zero-order valence-corrected chi connectivity index (χ0v) is 11.2. The van der Waals surface area contributed by atoms with Crippen LogP contribution >= 0.6 is 0 Å². The molecule has 0 aromatic carbocycles. The van der Waals surface area contributed by atoms with Crippen molar-refractivity contribution < 1.29 is 23.1 Å². The Kier molecular flexibility index (Phi) is 3.93. The maximum absolute atomic E-state index is 12.7. The second kappa shape index (κ2) is 5.38. The van der Waals surface area contributed by atoms with Crippen LogP contribution in [0.3, 0.4) is 0 Å². The van der Waals surface area contributed by atoms with E-state index in [2.05, 4.69) is 5.10 Å². The Labute approximate surface area is 117 Å². The van der Waals surface area contributed by atoms with Crippen molar-refractivity contribution in [2.24, 2.45) is 18.9 Å². The van der Waals surface area contributed by atoms with Crippen LogP contribution in [-0.2, 0) is 24.6 Å². The van der Waals surface area contributed by atoms with Gasteiger partial charge in [0.05, 0.1) is 5.92 Å². The number of allylic oxidation sites excluding steroid dienone is 1. The van der Waals surface area contributed by atoms with Gasteiger partial charge in [-0.05, 0) is 18.8 Å². The molecule has 1 aliphatic carbocycles. The third-order valence-corrected chi connectivity index (χ3v) is 3.47. The molecule has 1 aliphatic rings. The van der Waals surface area contributed by atoms with Crippen molar-refractivity contribution >= 4 is 5.97 Å². The highest BCUT2D eigenvalue weighted by Gasteiger charge is 2.38. The third kappa shape index (κ3) is 3.17. The molecule has 0 saturated heterocycles. The maximum Gasteiger partial charge on any atom is 0.451 e. The van der Waals surface area contributed by atoms with Gasteiger partial charge in [-0.2, -0.15) is 13.2 Å². The highest BCUT2D eigenvalue weighted by molar-refractivity contribution is 5.72. The van der Waals surface area contributed by atoms with Crippen molar-refractivity contribution in [1.82, 2.24) is 14.3 Å². The highest BCUT2D eigenvalue weighted by atomic mass is 19.4. The predicted molar refractivity (Wildman–Crippen MR) is 65.5 cm³/mol. The van der Waals surface area contributed by atoms with Gasteiger partial charge in [-0.15, -0.1) is 5.10 Å². The number of carbonyl (C=O) groups is 1. The Hall–Kier alpha value is -2.06. The van der Waals surface area contributed by atoms with E-state index < -0.39 is 29.6 Å². The summed E-state index contributed by atoms with van der Waals surface area (Å²) in [4.78, 5) is 22.7. The highest BCUT2D eigenvalue weighted by Crippen LogP contribution is 2.27. The fourth-order valence-corrected chi connectivity index (χ4v) is 2.40. The molecule has 0 saturated carbocycles. The molecule has 0 amide bonds. The summed E-state index contributed by atoms with van der Waals surface area (Å²) in [6.07, 6.45) is -0.688. The van der Waals surface area contributed by atoms with Gasteiger partial charge in [0, 0.05) is 13.6 Å². The summed E-state index contributed by atoms with van der Waals surface area (Å²) < 4.78 is 39.2. The molecule has 0 bridgehead atoms. The van der Waals surface area contributed by atoms with Crippen LogP contribution in [0.4, 0.5) is 13.2 Å². The smallest absolute Gasteiger partial charge is 0.451 e. The van der Waals surface area contributed by atoms with E-state index in [1.165, 1.54) is 0 Å². The lowest BCUT2D eigenvalue weighted by molar-refractivity contribution is -0.147. The van der Waals surface area contributed by atoms with E-state index in [0.29, 0.717) is 11.0 Å². The zero-order chi connectivity index (χ0) is 15.8. The number of nitrogens with zero attached hydrogens (tertiary/aromatic N) is 3. The Morgan fingerprint density at radius 1 is 1.52 bits per heavy atom. The van der Waals surface area contributed by atoms with E-state index in [9.17, 15) is 22.8 Å². The van der Waals surface area contributed by atoms with Crippen LogP contribution in [0.1, 0.15) is 18.7 Å². The number of hydrogen-bond acceptors (Lipinski definition) is 3. The molecular weight excluding hydrogens is 291 g/mol. The van der Waals surface area contributed by atoms with Gasteiger partial charge in [0.1, 0.15) is 0 Å². The van der Waals surface area contributed by atoms with Crippen molar-refractivity contribution in [2.75, 3.05) is 0 Å². The van der Waals surface area contributed by atoms with E-state index in [4.69, 9.17) is 5.11 Å². The molecule has 1 N–H and O–H groups in total. The molecule has 2 atom stereocenters. The van der Waals surface area contributed by atoms with Crippen LogP contribution in [0.15, 0.2) is 16.9 Å². The van der Waals surface area contributed by atoms with Crippen molar-refractivity contribution in [3.63, 3.8) is 0 Å². The summed E-state index contributed by atoms with van der Waals surface area (Å²) in [5.41, 5.74) is -0.858.